The maximum absolute atomic E-state index is 12.1. The molecule has 2 N–H and O–H groups in total. The summed E-state index contributed by atoms with van der Waals surface area (Å²) in [6.07, 6.45) is 25.2. The summed E-state index contributed by atoms with van der Waals surface area (Å²) in [5.41, 5.74) is 0. The van der Waals surface area contributed by atoms with E-state index in [1.54, 1.807) is 0 Å². The molecule has 5 heteroatoms. The molecule has 0 rings (SSSR count). The van der Waals surface area contributed by atoms with Crippen molar-refractivity contribution in [2.45, 2.75) is 129 Å². The van der Waals surface area contributed by atoms with E-state index in [0.717, 1.165) is 51.4 Å². The fraction of sp³-hybridized carbons (Fsp3) is 0.724. The Balaban J connectivity index is 3.88. The van der Waals surface area contributed by atoms with E-state index in [1.165, 1.54) is 25.7 Å². The van der Waals surface area contributed by atoms with E-state index >= 15 is 0 Å². The smallest absolute Gasteiger partial charge is 0.306 e. The monoisotopic (exact) mass is 478 g/mol. The second-order valence-electron chi connectivity index (χ2n) is 8.91. The number of carbonyl (C=O) groups excluding carboxylic acids is 2. The Morgan fingerprint density at radius 1 is 0.706 bits per heavy atom. The zero-order chi connectivity index (χ0) is 25.3. The molecule has 0 aliphatic rings. The number of esters is 1. The van der Waals surface area contributed by atoms with Gasteiger partial charge >= 0.3 is 5.97 Å². The van der Waals surface area contributed by atoms with Gasteiger partial charge in [-0.25, -0.2) is 0 Å². The molecule has 5 nitrogen and oxygen atoms in total. The topological polar surface area (TPSA) is 83.8 Å². The molecule has 0 saturated carbocycles. The quantitative estimate of drug-likeness (QED) is 0.0961. The third-order valence-electron chi connectivity index (χ3n) is 5.69. The summed E-state index contributed by atoms with van der Waals surface area (Å²) in [4.78, 5) is 24.1. The van der Waals surface area contributed by atoms with Crippen LogP contribution < -0.4 is 0 Å². The van der Waals surface area contributed by atoms with Gasteiger partial charge in [-0.05, 0) is 51.4 Å². The van der Waals surface area contributed by atoms with Gasteiger partial charge in [0.15, 0.2) is 18.0 Å². The number of rotatable bonds is 23. The van der Waals surface area contributed by atoms with Crippen molar-refractivity contribution in [2.75, 3.05) is 6.61 Å². The van der Waals surface area contributed by atoms with Crippen LogP contribution in [0.1, 0.15) is 117 Å². The molecule has 2 atom stereocenters. The van der Waals surface area contributed by atoms with E-state index in [-0.39, 0.29) is 18.6 Å². The first-order valence-electron chi connectivity index (χ1n) is 13.5. The zero-order valence-electron chi connectivity index (χ0n) is 21.8. The highest BCUT2D eigenvalue weighted by Gasteiger charge is 2.28. The highest BCUT2D eigenvalue weighted by Crippen LogP contribution is 2.11. The van der Waals surface area contributed by atoms with Crippen LogP contribution in [0.4, 0.5) is 0 Å². The van der Waals surface area contributed by atoms with Crippen molar-refractivity contribution in [1.82, 2.24) is 0 Å². The third kappa shape index (κ3) is 19.7. The summed E-state index contributed by atoms with van der Waals surface area (Å²) in [5, 5.41) is 19.6. The first-order valence-corrected chi connectivity index (χ1v) is 13.5. The molecule has 2 unspecified atom stereocenters. The van der Waals surface area contributed by atoms with Gasteiger partial charge in [0, 0.05) is 12.8 Å². The third-order valence-corrected chi connectivity index (χ3v) is 5.69. The average Bonchev–Trinajstić information content (AvgIpc) is 2.84. The van der Waals surface area contributed by atoms with Crippen molar-refractivity contribution in [3.05, 3.63) is 36.5 Å². The molecular weight excluding hydrogens is 428 g/mol. The van der Waals surface area contributed by atoms with E-state index in [2.05, 4.69) is 50.3 Å². The number of aliphatic hydroxyl groups excluding tert-OH is 2. The molecule has 0 fully saturated rings. The Morgan fingerprint density at radius 2 is 1.21 bits per heavy atom. The van der Waals surface area contributed by atoms with Crippen LogP contribution in [0.15, 0.2) is 36.5 Å². The Labute approximate surface area is 208 Å². The van der Waals surface area contributed by atoms with Gasteiger partial charge in [-0.3, -0.25) is 9.59 Å². The Bertz CT molecular complexity index is 579. The lowest BCUT2D eigenvalue weighted by molar-refractivity contribution is -0.161. The Kier molecular flexibility index (Phi) is 23.2. The molecule has 196 valence electrons. The Morgan fingerprint density at radius 3 is 1.79 bits per heavy atom. The van der Waals surface area contributed by atoms with E-state index in [0.29, 0.717) is 12.8 Å². The molecule has 0 bridgehead atoms. The predicted octanol–water partition coefficient (Wildman–Crippen LogP) is 6.77. The molecule has 0 heterocycles. The number of Topliss-reactive ketones (excluding diaryl/α,β-unsaturated/α-hetero) is 1. The summed E-state index contributed by atoms with van der Waals surface area (Å²) in [6, 6.07) is 0. The molecule has 0 aliphatic heterocycles. The minimum atomic E-state index is -1.45. The number of ether oxygens (including phenoxy) is 1. The molecule has 0 aromatic heterocycles. The number of unbranched alkanes of at least 4 members (excludes halogenated alkanes) is 9. The van der Waals surface area contributed by atoms with Gasteiger partial charge in [-0.15, -0.1) is 0 Å². The van der Waals surface area contributed by atoms with E-state index in [9.17, 15) is 19.8 Å². The van der Waals surface area contributed by atoms with Gasteiger partial charge in [0.25, 0.3) is 0 Å². The van der Waals surface area contributed by atoms with Crippen LogP contribution in [0.2, 0.25) is 0 Å². The van der Waals surface area contributed by atoms with Crippen LogP contribution in [0.3, 0.4) is 0 Å². The van der Waals surface area contributed by atoms with Crippen molar-refractivity contribution in [1.29, 1.82) is 0 Å². The lowest BCUT2D eigenvalue weighted by Crippen LogP contribution is -2.40. The minimum absolute atomic E-state index is 0.215. The maximum Gasteiger partial charge on any atom is 0.306 e. The van der Waals surface area contributed by atoms with E-state index in [1.807, 2.05) is 0 Å². The molecule has 0 aromatic carbocycles. The SMILES string of the molecule is CCCCCC=CCC=CCC=CCCCCC(=O)OC(CO)C(O)C(=O)CCCCCCC. The van der Waals surface area contributed by atoms with Crippen LogP contribution in [0, 0.1) is 0 Å². The van der Waals surface area contributed by atoms with Crippen molar-refractivity contribution >= 4 is 11.8 Å². The van der Waals surface area contributed by atoms with Gasteiger partial charge in [0.05, 0.1) is 6.61 Å². The van der Waals surface area contributed by atoms with Gasteiger partial charge < -0.3 is 14.9 Å². The van der Waals surface area contributed by atoms with Gasteiger partial charge in [0.1, 0.15) is 0 Å². The number of hydrogen-bond acceptors (Lipinski definition) is 5. The largest absolute Gasteiger partial charge is 0.457 e. The van der Waals surface area contributed by atoms with Crippen LogP contribution in [0.5, 0.6) is 0 Å². The normalized spacial score (nSPS) is 13.8. The fourth-order valence-electron chi connectivity index (χ4n) is 3.51. The zero-order valence-corrected chi connectivity index (χ0v) is 21.8. The minimum Gasteiger partial charge on any atom is -0.457 e. The number of allylic oxidation sites excluding steroid dienone is 6. The maximum atomic E-state index is 12.1. The summed E-state index contributed by atoms with van der Waals surface area (Å²) >= 11 is 0. The highest BCUT2D eigenvalue weighted by molar-refractivity contribution is 5.83. The van der Waals surface area contributed by atoms with Crippen molar-refractivity contribution in [3.63, 3.8) is 0 Å². The predicted molar refractivity (Wildman–Crippen MR) is 141 cm³/mol. The molecule has 0 radical (unpaired) electrons. The molecule has 0 aromatic rings. The van der Waals surface area contributed by atoms with Crippen molar-refractivity contribution in [3.8, 4) is 0 Å². The second kappa shape index (κ2) is 24.4. The summed E-state index contributed by atoms with van der Waals surface area (Å²) in [6.45, 7) is 3.79. The number of carbonyl (C=O) groups is 2. The van der Waals surface area contributed by atoms with Crippen LogP contribution >= 0.6 is 0 Å². The number of aliphatic hydroxyl groups is 2. The first-order chi connectivity index (χ1) is 16.6. The van der Waals surface area contributed by atoms with Crippen LogP contribution in [0.25, 0.3) is 0 Å². The number of ketones is 1. The molecule has 0 saturated heterocycles. The fourth-order valence-corrected chi connectivity index (χ4v) is 3.51. The number of hydrogen-bond donors (Lipinski definition) is 2. The van der Waals surface area contributed by atoms with Gasteiger partial charge in [0.2, 0.25) is 0 Å². The standard InChI is InChI=1S/C29H50O5/c1-3-5-7-9-10-11-12-13-14-15-16-17-18-20-22-24-28(32)34-27(25-30)29(33)26(31)23-21-19-8-6-4-2/h10-11,13-14,16-17,27,29-30,33H,3-9,12,15,18-25H2,1-2H3. The summed E-state index contributed by atoms with van der Waals surface area (Å²) in [5.74, 6) is -0.853. The molecule has 0 spiro atoms. The Hall–Kier alpha value is -1.72. The van der Waals surface area contributed by atoms with E-state index < -0.39 is 24.8 Å². The van der Waals surface area contributed by atoms with Crippen LogP contribution in [-0.4, -0.2) is 40.8 Å². The van der Waals surface area contributed by atoms with Crippen molar-refractivity contribution in [2.24, 2.45) is 0 Å². The molecule has 0 amide bonds. The molecule has 34 heavy (non-hydrogen) atoms. The lowest BCUT2D eigenvalue weighted by Gasteiger charge is -2.20. The highest BCUT2D eigenvalue weighted by atomic mass is 16.6. The van der Waals surface area contributed by atoms with E-state index in [4.69, 9.17) is 4.74 Å². The lowest BCUT2D eigenvalue weighted by atomic mass is 10.0. The van der Waals surface area contributed by atoms with Crippen molar-refractivity contribution < 1.29 is 24.5 Å². The summed E-state index contributed by atoms with van der Waals surface area (Å²) < 4.78 is 5.15. The molecular formula is C29H50O5. The first kappa shape index (κ1) is 32.3. The van der Waals surface area contributed by atoms with Gasteiger partial charge in [-0.1, -0.05) is 88.8 Å². The molecule has 0 aliphatic carbocycles. The average molecular weight is 479 g/mol. The van der Waals surface area contributed by atoms with Gasteiger partial charge in [-0.2, -0.15) is 0 Å². The summed E-state index contributed by atoms with van der Waals surface area (Å²) in [7, 11) is 0. The second-order valence-corrected chi connectivity index (χ2v) is 8.91. The van der Waals surface area contributed by atoms with Crippen LogP contribution in [-0.2, 0) is 14.3 Å².